The topological polar surface area (TPSA) is 104 Å². The molecule has 0 spiro atoms. The Bertz CT molecular complexity index is 747. The third-order valence-corrected chi connectivity index (χ3v) is 4.35. The summed E-state index contributed by atoms with van der Waals surface area (Å²) < 4.78 is 10.2. The van der Waals surface area contributed by atoms with Crippen molar-refractivity contribution in [2.75, 3.05) is 25.6 Å². The zero-order chi connectivity index (χ0) is 18.2. The van der Waals surface area contributed by atoms with Gasteiger partial charge in [0.05, 0.1) is 27.8 Å². The number of nitrogens with one attached hydrogen (secondary N) is 1. The number of rotatable bonds is 9. The highest BCUT2D eigenvalue weighted by Gasteiger charge is 2.18. The van der Waals surface area contributed by atoms with Crippen molar-refractivity contribution in [2.45, 2.75) is 20.0 Å². The van der Waals surface area contributed by atoms with E-state index in [0.717, 1.165) is 11.4 Å². The van der Waals surface area contributed by atoms with Crippen LogP contribution in [0.15, 0.2) is 23.6 Å². The van der Waals surface area contributed by atoms with Crippen molar-refractivity contribution in [3.8, 4) is 0 Å². The number of hydrogen-bond acceptors (Lipinski definition) is 8. The lowest BCUT2D eigenvalue weighted by Crippen LogP contribution is -2.13. The second-order valence-electron chi connectivity index (χ2n) is 5.07. The first-order valence-corrected chi connectivity index (χ1v) is 8.54. The molecule has 1 N–H and O–H groups in total. The molecular formula is C16H19N3O5S. The molecule has 2 aromatic rings. The molecular weight excluding hydrogens is 346 g/mol. The number of carbonyl (C=O) groups is 1. The molecule has 0 unspecified atom stereocenters. The molecule has 0 aliphatic carbocycles. The average molecular weight is 365 g/mol. The van der Waals surface area contributed by atoms with Gasteiger partial charge in [-0.1, -0.05) is 6.92 Å². The maximum Gasteiger partial charge on any atom is 0.340 e. The molecule has 0 fully saturated rings. The van der Waals surface area contributed by atoms with Crippen LogP contribution in [0.3, 0.4) is 0 Å². The number of hydrogen-bond donors (Lipinski definition) is 1. The van der Waals surface area contributed by atoms with E-state index in [9.17, 15) is 14.9 Å². The molecule has 9 heteroatoms. The normalized spacial score (nSPS) is 10.5. The predicted molar refractivity (Wildman–Crippen MR) is 94.1 cm³/mol. The molecule has 0 aliphatic heterocycles. The van der Waals surface area contributed by atoms with Gasteiger partial charge in [-0.3, -0.25) is 10.1 Å². The highest BCUT2D eigenvalue weighted by Crippen LogP contribution is 2.23. The largest absolute Gasteiger partial charge is 0.455 e. The van der Waals surface area contributed by atoms with E-state index in [-0.39, 0.29) is 17.9 Å². The fourth-order valence-corrected chi connectivity index (χ4v) is 2.78. The minimum Gasteiger partial charge on any atom is -0.455 e. The molecule has 0 aliphatic rings. The van der Waals surface area contributed by atoms with Gasteiger partial charge in [0.1, 0.15) is 6.61 Å². The summed E-state index contributed by atoms with van der Waals surface area (Å²) in [4.78, 5) is 27.1. The van der Waals surface area contributed by atoms with Gasteiger partial charge in [0.25, 0.3) is 5.69 Å². The van der Waals surface area contributed by atoms with Crippen LogP contribution in [0, 0.1) is 10.1 Å². The molecule has 0 radical (unpaired) electrons. The first kappa shape index (κ1) is 18.8. The molecule has 134 valence electrons. The Hall–Kier alpha value is -2.52. The Morgan fingerprint density at radius 3 is 2.88 bits per heavy atom. The second-order valence-corrected chi connectivity index (χ2v) is 6.01. The molecule has 8 nitrogen and oxygen atoms in total. The second kappa shape index (κ2) is 9.09. The number of methoxy groups -OCH3 is 1. The Balaban J connectivity index is 2.13. The lowest BCUT2D eigenvalue weighted by atomic mass is 10.1. The van der Waals surface area contributed by atoms with Crippen LogP contribution in [-0.2, 0) is 22.5 Å². The summed E-state index contributed by atoms with van der Waals surface area (Å²) in [5.74, 6) is -0.644. The summed E-state index contributed by atoms with van der Waals surface area (Å²) in [5, 5.41) is 16.8. The van der Waals surface area contributed by atoms with Crippen LogP contribution in [0.2, 0.25) is 0 Å². The van der Waals surface area contributed by atoms with Crippen LogP contribution in [0.1, 0.15) is 28.0 Å². The monoisotopic (exact) mass is 365 g/mol. The smallest absolute Gasteiger partial charge is 0.340 e. The number of anilines is 1. The highest BCUT2D eigenvalue weighted by molar-refractivity contribution is 7.09. The van der Waals surface area contributed by atoms with Crippen molar-refractivity contribution in [2.24, 2.45) is 0 Å². The maximum atomic E-state index is 12.4. The first-order chi connectivity index (χ1) is 12.0. The van der Waals surface area contributed by atoms with Crippen molar-refractivity contribution in [3.63, 3.8) is 0 Å². The summed E-state index contributed by atoms with van der Waals surface area (Å²) >= 11 is 1.50. The number of aromatic nitrogens is 1. The summed E-state index contributed by atoms with van der Waals surface area (Å²) in [6, 6.07) is 4.03. The van der Waals surface area contributed by atoms with Crippen molar-refractivity contribution < 1.29 is 19.2 Å². The van der Waals surface area contributed by atoms with Gasteiger partial charge in [-0.15, -0.1) is 11.3 Å². The first-order valence-electron chi connectivity index (χ1n) is 7.66. The number of carbonyl (C=O) groups excluding carboxylic acids is 1. The number of nitrogens with zero attached hydrogens (tertiary/aromatic N) is 2. The molecule has 2 rings (SSSR count). The van der Waals surface area contributed by atoms with Gasteiger partial charge < -0.3 is 14.8 Å². The van der Waals surface area contributed by atoms with Gasteiger partial charge in [-0.25, -0.2) is 9.78 Å². The summed E-state index contributed by atoms with van der Waals surface area (Å²) in [6.45, 7) is 2.91. The predicted octanol–water partition coefficient (Wildman–Crippen LogP) is 3.03. The Labute approximate surface area is 148 Å². The highest BCUT2D eigenvalue weighted by atomic mass is 32.1. The fourth-order valence-electron chi connectivity index (χ4n) is 2.05. The molecule has 0 bridgehead atoms. The van der Waals surface area contributed by atoms with E-state index in [2.05, 4.69) is 10.3 Å². The minimum absolute atomic E-state index is 0.0233. The van der Waals surface area contributed by atoms with Crippen LogP contribution in [0.4, 0.5) is 11.4 Å². The van der Waals surface area contributed by atoms with Crippen molar-refractivity contribution in [1.29, 1.82) is 0 Å². The quantitative estimate of drug-likeness (QED) is 0.315. The summed E-state index contributed by atoms with van der Waals surface area (Å²) in [6.07, 6.45) is 0.817. The van der Waals surface area contributed by atoms with E-state index < -0.39 is 10.9 Å². The molecule has 0 saturated heterocycles. The SMILES string of the molecule is CCc1nc(COC(=O)c2cc([N+](=O)[O-])ccc2NCCOC)cs1. The Morgan fingerprint density at radius 1 is 1.44 bits per heavy atom. The van der Waals surface area contributed by atoms with Gasteiger partial charge in [0.15, 0.2) is 0 Å². The number of esters is 1. The van der Waals surface area contributed by atoms with Gasteiger partial charge >= 0.3 is 5.97 Å². The van der Waals surface area contributed by atoms with E-state index in [4.69, 9.17) is 9.47 Å². The summed E-state index contributed by atoms with van der Waals surface area (Å²) in [5.41, 5.74) is 1.05. The van der Waals surface area contributed by atoms with E-state index in [1.807, 2.05) is 12.3 Å². The zero-order valence-electron chi connectivity index (χ0n) is 14.0. The van der Waals surface area contributed by atoms with E-state index in [1.54, 1.807) is 7.11 Å². The van der Waals surface area contributed by atoms with E-state index >= 15 is 0 Å². The number of ether oxygens (including phenoxy) is 2. The Morgan fingerprint density at radius 2 is 2.24 bits per heavy atom. The van der Waals surface area contributed by atoms with Crippen LogP contribution in [0.25, 0.3) is 0 Å². The van der Waals surface area contributed by atoms with Gasteiger partial charge in [-0.2, -0.15) is 0 Å². The van der Waals surface area contributed by atoms with Gasteiger partial charge in [-0.05, 0) is 12.5 Å². The fraction of sp³-hybridized carbons (Fsp3) is 0.375. The van der Waals surface area contributed by atoms with Crippen LogP contribution >= 0.6 is 11.3 Å². The van der Waals surface area contributed by atoms with Gasteiger partial charge in [0, 0.05) is 36.9 Å². The molecule has 25 heavy (non-hydrogen) atoms. The van der Waals surface area contributed by atoms with Crippen molar-refractivity contribution in [1.82, 2.24) is 4.98 Å². The number of benzene rings is 1. The van der Waals surface area contributed by atoms with Gasteiger partial charge in [0.2, 0.25) is 0 Å². The van der Waals surface area contributed by atoms with Crippen LogP contribution in [0.5, 0.6) is 0 Å². The van der Waals surface area contributed by atoms with Crippen molar-refractivity contribution in [3.05, 3.63) is 50.0 Å². The lowest BCUT2D eigenvalue weighted by molar-refractivity contribution is -0.384. The molecule has 1 aromatic carbocycles. The molecule has 0 saturated carbocycles. The van der Waals surface area contributed by atoms with Crippen molar-refractivity contribution >= 4 is 28.7 Å². The van der Waals surface area contributed by atoms with Crippen LogP contribution < -0.4 is 5.32 Å². The maximum absolute atomic E-state index is 12.4. The molecule has 0 amide bonds. The number of nitro groups is 1. The van der Waals surface area contributed by atoms with E-state index in [1.165, 1.54) is 29.5 Å². The number of non-ortho nitro benzene ring substituents is 1. The number of thiazole rings is 1. The Kier molecular flexibility index (Phi) is 6.84. The third-order valence-electron chi connectivity index (χ3n) is 3.31. The van der Waals surface area contributed by atoms with Crippen LogP contribution in [-0.4, -0.2) is 36.1 Å². The third kappa shape index (κ3) is 5.23. The summed E-state index contributed by atoms with van der Waals surface area (Å²) in [7, 11) is 1.56. The molecule has 0 atom stereocenters. The number of nitro benzene ring substituents is 1. The standard InChI is InChI=1S/C16H19N3O5S/c1-3-15-18-11(10-25-15)9-24-16(20)13-8-12(19(21)22)4-5-14(13)17-6-7-23-2/h4-5,8,10,17H,3,6-7,9H2,1-2H3. The zero-order valence-corrected chi connectivity index (χ0v) is 14.8. The van der Waals surface area contributed by atoms with E-state index in [0.29, 0.717) is 24.5 Å². The minimum atomic E-state index is -0.644. The molecule has 1 heterocycles. The lowest BCUT2D eigenvalue weighted by Gasteiger charge is -2.11. The molecule has 1 aromatic heterocycles. The average Bonchev–Trinajstić information content (AvgIpc) is 3.08. The number of aryl methyl sites for hydroxylation is 1.